The van der Waals surface area contributed by atoms with Crippen molar-refractivity contribution < 1.29 is 9.90 Å². The van der Waals surface area contributed by atoms with E-state index in [9.17, 15) is 9.90 Å². The number of hydrogen-bond donors (Lipinski definition) is 2. The molecule has 0 amide bonds. The van der Waals surface area contributed by atoms with Crippen molar-refractivity contribution in [2.75, 3.05) is 0 Å². The lowest BCUT2D eigenvalue weighted by Gasteiger charge is -2.20. The van der Waals surface area contributed by atoms with Gasteiger partial charge in [-0.2, -0.15) is 0 Å². The number of hydrogen-bond acceptors (Lipinski definition) is 3. The quantitative estimate of drug-likeness (QED) is 0.863. The second-order valence-corrected chi connectivity index (χ2v) is 4.36. The molecule has 98 valence electrons. The lowest BCUT2D eigenvalue weighted by molar-refractivity contribution is -0.139. The average Bonchev–Trinajstić information content (AvgIpc) is 2.46. The highest BCUT2D eigenvalue weighted by molar-refractivity contribution is 5.75. The maximum absolute atomic E-state index is 11.4. The first-order chi connectivity index (χ1) is 9.18. The highest BCUT2D eigenvalue weighted by Gasteiger charge is 2.21. The fraction of sp³-hybridized carbons (Fsp3) is 0.200. The van der Waals surface area contributed by atoms with Crippen LogP contribution >= 0.6 is 0 Å². The Kier molecular flexibility index (Phi) is 4.26. The van der Waals surface area contributed by atoms with Gasteiger partial charge in [-0.05, 0) is 24.1 Å². The van der Waals surface area contributed by atoms with Crippen LogP contribution in [0.1, 0.15) is 30.1 Å². The number of aromatic nitrogens is 1. The molecule has 2 rings (SSSR count). The van der Waals surface area contributed by atoms with E-state index in [2.05, 4.69) is 10.3 Å². The highest BCUT2D eigenvalue weighted by atomic mass is 16.4. The highest BCUT2D eigenvalue weighted by Crippen LogP contribution is 2.19. The van der Waals surface area contributed by atoms with Gasteiger partial charge in [-0.3, -0.25) is 15.1 Å². The van der Waals surface area contributed by atoms with Gasteiger partial charge in [0.1, 0.15) is 6.04 Å². The first-order valence-electron chi connectivity index (χ1n) is 6.12. The standard InChI is InChI=1S/C15H16N2O2/c1-11(13-8-5-9-16-10-13)17-14(15(18)19)12-6-3-2-4-7-12/h2-11,14,17H,1H3,(H,18,19)/t11-,14?/m1/s1. The average molecular weight is 256 g/mol. The molecule has 1 aromatic carbocycles. The third kappa shape index (κ3) is 3.39. The van der Waals surface area contributed by atoms with Gasteiger partial charge in [0.05, 0.1) is 0 Å². The van der Waals surface area contributed by atoms with E-state index < -0.39 is 12.0 Å². The van der Waals surface area contributed by atoms with Crippen LogP contribution in [-0.2, 0) is 4.79 Å². The van der Waals surface area contributed by atoms with Crippen molar-refractivity contribution in [2.45, 2.75) is 19.0 Å². The second kappa shape index (κ2) is 6.11. The molecule has 0 saturated carbocycles. The summed E-state index contributed by atoms with van der Waals surface area (Å²) >= 11 is 0. The largest absolute Gasteiger partial charge is 0.480 e. The Morgan fingerprint density at radius 1 is 1.16 bits per heavy atom. The second-order valence-electron chi connectivity index (χ2n) is 4.36. The molecular formula is C15H16N2O2. The molecule has 2 atom stereocenters. The molecule has 2 aromatic rings. The van der Waals surface area contributed by atoms with Crippen LogP contribution in [0.25, 0.3) is 0 Å². The zero-order chi connectivity index (χ0) is 13.7. The maximum atomic E-state index is 11.4. The lowest BCUT2D eigenvalue weighted by Crippen LogP contribution is -2.30. The van der Waals surface area contributed by atoms with Gasteiger partial charge in [0.15, 0.2) is 0 Å². The van der Waals surface area contributed by atoms with E-state index in [1.54, 1.807) is 12.4 Å². The summed E-state index contributed by atoms with van der Waals surface area (Å²) < 4.78 is 0. The molecule has 0 aliphatic heterocycles. The van der Waals surface area contributed by atoms with E-state index in [-0.39, 0.29) is 6.04 Å². The van der Waals surface area contributed by atoms with Gasteiger partial charge in [0, 0.05) is 18.4 Å². The molecular weight excluding hydrogens is 240 g/mol. The number of nitrogens with zero attached hydrogens (tertiary/aromatic N) is 1. The summed E-state index contributed by atoms with van der Waals surface area (Å²) in [6.45, 7) is 1.93. The van der Waals surface area contributed by atoms with Gasteiger partial charge in [0.2, 0.25) is 0 Å². The van der Waals surface area contributed by atoms with Crippen LogP contribution < -0.4 is 5.32 Å². The summed E-state index contributed by atoms with van der Waals surface area (Å²) in [6, 6.07) is 12.1. The number of nitrogens with one attached hydrogen (secondary N) is 1. The van der Waals surface area contributed by atoms with Crippen molar-refractivity contribution in [1.82, 2.24) is 10.3 Å². The van der Waals surface area contributed by atoms with Crippen LogP contribution in [0.3, 0.4) is 0 Å². The minimum atomic E-state index is -0.887. The molecule has 1 unspecified atom stereocenters. The van der Waals surface area contributed by atoms with Crippen molar-refractivity contribution in [2.24, 2.45) is 0 Å². The smallest absolute Gasteiger partial charge is 0.325 e. The van der Waals surface area contributed by atoms with Crippen molar-refractivity contribution in [3.8, 4) is 0 Å². The third-order valence-electron chi connectivity index (χ3n) is 2.98. The first-order valence-corrected chi connectivity index (χ1v) is 6.12. The molecule has 0 aliphatic carbocycles. The number of carboxylic acid groups (broad SMARTS) is 1. The summed E-state index contributed by atoms with van der Waals surface area (Å²) in [7, 11) is 0. The van der Waals surface area contributed by atoms with Crippen molar-refractivity contribution in [3.05, 3.63) is 66.0 Å². The zero-order valence-corrected chi connectivity index (χ0v) is 10.7. The summed E-state index contributed by atoms with van der Waals surface area (Å²) in [6.07, 6.45) is 3.43. The molecule has 0 spiro atoms. The van der Waals surface area contributed by atoms with Gasteiger partial charge in [-0.25, -0.2) is 0 Å². The molecule has 1 aromatic heterocycles. The molecule has 0 radical (unpaired) electrons. The Morgan fingerprint density at radius 2 is 1.84 bits per heavy atom. The van der Waals surface area contributed by atoms with Crippen LogP contribution in [0.5, 0.6) is 0 Å². The Hall–Kier alpha value is -2.20. The minimum absolute atomic E-state index is 0.0880. The topological polar surface area (TPSA) is 62.2 Å². The molecule has 0 fully saturated rings. The van der Waals surface area contributed by atoms with Gasteiger partial charge in [0.25, 0.3) is 0 Å². The van der Waals surface area contributed by atoms with E-state index in [0.29, 0.717) is 0 Å². The monoisotopic (exact) mass is 256 g/mol. The summed E-state index contributed by atoms with van der Waals surface area (Å²) in [5.74, 6) is -0.887. The molecule has 0 aliphatic rings. The number of carbonyl (C=O) groups is 1. The predicted molar refractivity (Wildman–Crippen MR) is 72.6 cm³/mol. The van der Waals surface area contributed by atoms with E-state index in [1.807, 2.05) is 49.4 Å². The maximum Gasteiger partial charge on any atom is 0.325 e. The molecule has 4 heteroatoms. The normalized spacial score (nSPS) is 13.7. The lowest BCUT2D eigenvalue weighted by atomic mass is 10.0. The summed E-state index contributed by atoms with van der Waals surface area (Å²) in [5.41, 5.74) is 1.70. The molecule has 0 bridgehead atoms. The molecule has 1 heterocycles. The molecule has 19 heavy (non-hydrogen) atoms. The fourth-order valence-corrected chi connectivity index (χ4v) is 1.93. The minimum Gasteiger partial charge on any atom is -0.480 e. The first kappa shape index (κ1) is 13.2. The van der Waals surface area contributed by atoms with Crippen LogP contribution in [0, 0.1) is 0 Å². The van der Waals surface area contributed by atoms with Crippen molar-refractivity contribution in [1.29, 1.82) is 0 Å². The fourth-order valence-electron chi connectivity index (χ4n) is 1.93. The summed E-state index contributed by atoms with van der Waals surface area (Å²) in [5, 5.41) is 12.5. The number of pyridine rings is 1. The Bertz CT molecular complexity index is 528. The number of aliphatic carboxylic acids is 1. The van der Waals surface area contributed by atoms with Crippen LogP contribution in [0.2, 0.25) is 0 Å². The Labute approximate surface area is 112 Å². The van der Waals surface area contributed by atoms with Gasteiger partial charge >= 0.3 is 5.97 Å². The Balaban J connectivity index is 2.16. The van der Waals surface area contributed by atoms with E-state index in [0.717, 1.165) is 11.1 Å². The SMILES string of the molecule is C[C@@H](NC(C(=O)O)c1ccccc1)c1cccnc1. The van der Waals surface area contributed by atoms with Gasteiger partial charge in [-0.15, -0.1) is 0 Å². The van der Waals surface area contributed by atoms with Crippen LogP contribution in [0.15, 0.2) is 54.9 Å². The number of carboxylic acids is 1. The Morgan fingerprint density at radius 3 is 2.42 bits per heavy atom. The van der Waals surface area contributed by atoms with E-state index in [1.165, 1.54) is 0 Å². The zero-order valence-electron chi connectivity index (χ0n) is 10.7. The van der Waals surface area contributed by atoms with E-state index >= 15 is 0 Å². The van der Waals surface area contributed by atoms with Crippen molar-refractivity contribution >= 4 is 5.97 Å². The van der Waals surface area contributed by atoms with E-state index in [4.69, 9.17) is 0 Å². The molecule has 0 saturated heterocycles. The van der Waals surface area contributed by atoms with Gasteiger partial charge < -0.3 is 5.11 Å². The summed E-state index contributed by atoms with van der Waals surface area (Å²) in [4.78, 5) is 15.4. The van der Waals surface area contributed by atoms with Crippen LogP contribution in [0.4, 0.5) is 0 Å². The number of benzene rings is 1. The van der Waals surface area contributed by atoms with Crippen molar-refractivity contribution in [3.63, 3.8) is 0 Å². The van der Waals surface area contributed by atoms with Crippen LogP contribution in [-0.4, -0.2) is 16.1 Å². The molecule has 4 nitrogen and oxygen atoms in total. The third-order valence-corrected chi connectivity index (χ3v) is 2.98. The van der Waals surface area contributed by atoms with Gasteiger partial charge in [-0.1, -0.05) is 36.4 Å². The predicted octanol–water partition coefficient (Wildman–Crippen LogP) is 2.56. The molecule has 2 N–H and O–H groups in total. The number of rotatable bonds is 5.